The Morgan fingerprint density at radius 1 is 1.15 bits per heavy atom. The Morgan fingerprint density at radius 3 is 2.48 bits per heavy atom. The van der Waals surface area contributed by atoms with Gasteiger partial charge in [0.05, 0.1) is 23.7 Å². The molecule has 0 radical (unpaired) electrons. The van der Waals surface area contributed by atoms with Gasteiger partial charge in [-0.1, -0.05) is 23.2 Å². The molecule has 0 aliphatic carbocycles. The van der Waals surface area contributed by atoms with Gasteiger partial charge in [0.25, 0.3) is 5.91 Å². The highest BCUT2D eigenvalue weighted by Crippen LogP contribution is 2.22. The topological polar surface area (TPSA) is 91.0 Å². The highest BCUT2D eigenvalue weighted by molar-refractivity contribution is 6.36. The normalized spacial score (nSPS) is 14.7. The van der Waals surface area contributed by atoms with E-state index in [9.17, 15) is 14.4 Å². The molecule has 10 heteroatoms. The molecule has 0 unspecified atom stereocenters. The van der Waals surface area contributed by atoms with Crippen LogP contribution in [0.3, 0.4) is 0 Å². The van der Waals surface area contributed by atoms with E-state index in [1.807, 2.05) is 4.90 Å². The average molecular weight is 417 g/mol. The van der Waals surface area contributed by atoms with Gasteiger partial charge >= 0.3 is 6.03 Å². The maximum absolute atomic E-state index is 12.6. The van der Waals surface area contributed by atoms with Gasteiger partial charge in [-0.25, -0.2) is 4.79 Å². The van der Waals surface area contributed by atoms with Crippen molar-refractivity contribution < 1.29 is 19.1 Å². The van der Waals surface area contributed by atoms with Crippen LogP contribution in [0, 0.1) is 0 Å². The molecule has 0 aromatic heterocycles. The number of carbonyl (C=O) groups excluding carboxylic acids is 3. The fourth-order valence-electron chi connectivity index (χ4n) is 2.62. The lowest BCUT2D eigenvalue weighted by molar-refractivity contribution is -0.121. The van der Waals surface area contributed by atoms with Crippen LogP contribution < -0.4 is 10.6 Å². The Morgan fingerprint density at radius 2 is 1.85 bits per heavy atom. The smallest absolute Gasteiger partial charge is 0.321 e. The number of carbonyl (C=O) groups is 3. The number of nitrogens with one attached hydrogen (secondary N) is 2. The standard InChI is InChI=1S/C17H22Cl2N4O4/c1-27-9-4-20-17(26)21-15(24)11-22-5-7-23(8-6-22)16(25)13-3-2-12(18)10-14(13)19/h2-3,10H,4-9,11H2,1H3,(H2,20,21,24,26). The number of amides is 4. The lowest BCUT2D eigenvalue weighted by atomic mass is 10.2. The van der Waals surface area contributed by atoms with Crippen LogP contribution in [0.4, 0.5) is 4.79 Å². The average Bonchev–Trinajstić information content (AvgIpc) is 2.62. The quantitative estimate of drug-likeness (QED) is 0.680. The Bertz CT molecular complexity index is 694. The molecule has 0 bridgehead atoms. The number of benzene rings is 1. The van der Waals surface area contributed by atoms with E-state index < -0.39 is 11.9 Å². The molecule has 2 N–H and O–H groups in total. The van der Waals surface area contributed by atoms with Crippen LogP contribution in [0.1, 0.15) is 10.4 Å². The minimum Gasteiger partial charge on any atom is -0.383 e. The summed E-state index contributed by atoms with van der Waals surface area (Å²) in [5.41, 5.74) is 0.403. The second-order valence-electron chi connectivity index (χ2n) is 5.99. The number of halogens is 2. The fourth-order valence-corrected chi connectivity index (χ4v) is 3.11. The molecule has 1 aliphatic heterocycles. The van der Waals surface area contributed by atoms with Crippen molar-refractivity contribution in [1.82, 2.24) is 20.4 Å². The van der Waals surface area contributed by atoms with E-state index in [2.05, 4.69) is 10.6 Å². The summed E-state index contributed by atoms with van der Waals surface area (Å²) in [6, 6.07) is 4.21. The predicted molar refractivity (Wildman–Crippen MR) is 102 cm³/mol. The number of hydrogen-bond donors (Lipinski definition) is 2. The Hall–Kier alpha value is -1.87. The molecule has 27 heavy (non-hydrogen) atoms. The number of urea groups is 1. The highest BCUT2D eigenvalue weighted by atomic mass is 35.5. The van der Waals surface area contributed by atoms with Crippen molar-refractivity contribution in [3.05, 3.63) is 33.8 Å². The molecule has 0 saturated carbocycles. The van der Waals surface area contributed by atoms with Gasteiger partial charge in [0, 0.05) is 44.9 Å². The van der Waals surface area contributed by atoms with E-state index in [1.54, 1.807) is 17.0 Å². The molecule has 2 rings (SSSR count). The van der Waals surface area contributed by atoms with Crippen molar-refractivity contribution in [3.63, 3.8) is 0 Å². The SMILES string of the molecule is COCCNC(=O)NC(=O)CN1CCN(C(=O)c2ccc(Cl)cc2Cl)CC1. The van der Waals surface area contributed by atoms with Crippen molar-refractivity contribution >= 4 is 41.0 Å². The van der Waals surface area contributed by atoms with Gasteiger partial charge in [-0.05, 0) is 18.2 Å². The Balaban J connectivity index is 1.77. The van der Waals surface area contributed by atoms with Crippen LogP contribution >= 0.6 is 23.2 Å². The molecule has 0 atom stereocenters. The van der Waals surface area contributed by atoms with E-state index in [4.69, 9.17) is 27.9 Å². The monoisotopic (exact) mass is 416 g/mol. The lowest BCUT2D eigenvalue weighted by Gasteiger charge is -2.34. The third-order valence-electron chi connectivity index (χ3n) is 4.03. The van der Waals surface area contributed by atoms with Crippen LogP contribution in [0.15, 0.2) is 18.2 Å². The third kappa shape index (κ3) is 6.66. The molecule has 0 spiro atoms. The summed E-state index contributed by atoms with van der Waals surface area (Å²) < 4.78 is 4.81. The first-order valence-corrected chi connectivity index (χ1v) is 9.19. The number of rotatable bonds is 6. The molecule has 1 saturated heterocycles. The van der Waals surface area contributed by atoms with E-state index in [1.165, 1.54) is 13.2 Å². The summed E-state index contributed by atoms with van der Waals surface area (Å²) >= 11 is 12.0. The molecule has 1 aliphatic rings. The number of piperazine rings is 1. The number of imide groups is 1. The zero-order valence-corrected chi connectivity index (χ0v) is 16.5. The van der Waals surface area contributed by atoms with Crippen molar-refractivity contribution in [1.29, 1.82) is 0 Å². The molecule has 4 amide bonds. The van der Waals surface area contributed by atoms with Gasteiger partial charge < -0.3 is 15.0 Å². The van der Waals surface area contributed by atoms with Gasteiger partial charge in [-0.2, -0.15) is 0 Å². The molecule has 8 nitrogen and oxygen atoms in total. The largest absolute Gasteiger partial charge is 0.383 e. The van der Waals surface area contributed by atoms with Crippen LogP contribution in [-0.4, -0.2) is 80.6 Å². The second-order valence-corrected chi connectivity index (χ2v) is 6.83. The third-order valence-corrected chi connectivity index (χ3v) is 4.58. The minimum atomic E-state index is -0.553. The predicted octanol–water partition coefficient (Wildman–Crippen LogP) is 1.22. The highest BCUT2D eigenvalue weighted by Gasteiger charge is 2.25. The lowest BCUT2D eigenvalue weighted by Crippen LogP contribution is -2.52. The van der Waals surface area contributed by atoms with Crippen LogP contribution in [-0.2, 0) is 9.53 Å². The van der Waals surface area contributed by atoms with Crippen molar-refractivity contribution in [2.75, 3.05) is 53.0 Å². The van der Waals surface area contributed by atoms with Crippen LogP contribution in [0.2, 0.25) is 10.0 Å². The summed E-state index contributed by atoms with van der Waals surface area (Å²) in [5.74, 6) is -0.566. The van der Waals surface area contributed by atoms with Gasteiger partial charge in [0.15, 0.2) is 0 Å². The summed E-state index contributed by atoms with van der Waals surface area (Å²) in [5, 5.41) is 5.56. The second kappa shape index (κ2) is 10.5. The molecule has 148 valence electrons. The van der Waals surface area contributed by atoms with Gasteiger partial charge in [0.1, 0.15) is 0 Å². The van der Waals surface area contributed by atoms with Crippen molar-refractivity contribution in [2.45, 2.75) is 0 Å². The maximum atomic E-state index is 12.6. The summed E-state index contributed by atoms with van der Waals surface area (Å²) in [6.45, 7) is 2.75. The van der Waals surface area contributed by atoms with E-state index in [0.717, 1.165) is 0 Å². The fraction of sp³-hybridized carbons (Fsp3) is 0.471. The molecule has 1 heterocycles. The van der Waals surface area contributed by atoms with Crippen molar-refractivity contribution in [2.24, 2.45) is 0 Å². The summed E-state index contributed by atoms with van der Waals surface area (Å²) in [4.78, 5) is 39.6. The first-order valence-electron chi connectivity index (χ1n) is 8.44. The molecular weight excluding hydrogens is 395 g/mol. The summed E-state index contributed by atoms with van der Waals surface area (Å²) in [6.07, 6.45) is 0. The van der Waals surface area contributed by atoms with E-state index in [0.29, 0.717) is 54.9 Å². The molecule has 1 aromatic carbocycles. The number of ether oxygens (including phenoxy) is 1. The van der Waals surface area contributed by atoms with Crippen LogP contribution in [0.5, 0.6) is 0 Å². The number of hydrogen-bond acceptors (Lipinski definition) is 5. The van der Waals surface area contributed by atoms with E-state index >= 15 is 0 Å². The van der Waals surface area contributed by atoms with Gasteiger partial charge in [0.2, 0.25) is 5.91 Å². The summed E-state index contributed by atoms with van der Waals surface area (Å²) in [7, 11) is 1.52. The minimum absolute atomic E-state index is 0.0848. The molecule has 1 aromatic rings. The first-order chi connectivity index (χ1) is 12.9. The maximum Gasteiger partial charge on any atom is 0.321 e. The molecular formula is C17H22Cl2N4O4. The van der Waals surface area contributed by atoms with E-state index in [-0.39, 0.29) is 12.5 Å². The van der Waals surface area contributed by atoms with Crippen molar-refractivity contribution in [3.8, 4) is 0 Å². The van der Waals surface area contributed by atoms with Crippen LogP contribution in [0.25, 0.3) is 0 Å². The number of methoxy groups -OCH3 is 1. The van der Waals surface area contributed by atoms with Gasteiger partial charge in [-0.3, -0.25) is 19.8 Å². The van der Waals surface area contributed by atoms with Gasteiger partial charge in [-0.15, -0.1) is 0 Å². The first kappa shape index (κ1) is 21.4. The number of nitrogens with zero attached hydrogens (tertiary/aromatic N) is 2. The Labute approximate surface area is 167 Å². The Kier molecular flexibility index (Phi) is 8.30. The zero-order valence-electron chi connectivity index (χ0n) is 15.0. The zero-order chi connectivity index (χ0) is 19.8. The molecule has 1 fully saturated rings.